The normalized spacial score (nSPS) is 11.2. The molecule has 0 aliphatic rings. The quantitative estimate of drug-likeness (QED) is 0.240. The molecular formula is C23H20O4S5. The third kappa shape index (κ3) is 5.85. The molecule has 0 atom stereocenters. The predicted octanol–water partition coefficient (Wildman–Crippen LogP) is 7.60. The van der Waals surface area contributed by atoms with E-state index in [2.05, 4.69) is 25.8 Å². The SMILES string of the molecule is C=C(S)c1cc(CC(=O)O)c(-c2ccc(-c3sc(C(=C)S/C=C\C)cc3CC(=O)O)s2)s1. The maximum absolute atomic E-state index is 11.4. The van der Waals surface area contributed by atoms with E-state index in [0.717, 1.165) is 45.3 Å². The zero-order valence-corrected chi connectivity index (χ0v) is 21.2. The molecule has 0 radical (unpaired) electrons. The van der Waals surface area contributed by atoms with E-state index < -0.39 is 11.9 Å². The van der Waals surface area contributed by atoms with Crippen molar-refractivity contribution in [3.63, 3.8) is 0 Å². The summed E-state index contributed by atoms with van der Waals surface area (Å²) < 4.78 is 0. The number of carboxylic acids is 2. The summed E-state index contributed by atoms with van der Waals surface area (Å²) in [6.07, 6.45) is 1.76. The zero-order valence-electron chi connectivity index (χ0n) is 17.1. The molecule has 4 nitrogen and oxygen atoms in total. The standard InChI is InChI=1S/C23H20O4S5/c1-4-7-29-13(3)19-9-15(11-21(26)27)23(32-19)17-6-5-16(30-17)22-14(10-20(24)25)8-18(31-22)12(2)28/h4-9,28H,2-3,10-11H2,1H3,(H,24,25)(H,26,27)/b7-4-. The number of thiophene rings is 3. The van der Waals surface area contributed by atoms with Gasteiger partial charge in [-0.05, 0) is 47.7 Å². The van der Waals surface area contributed by atoms with Crippen molar-refractivity contribution in [2.45, 2.75) is 19.8 Å². The van der Waals surface area contributed by atoms with E-state index >= 15 is 0 Å². The number of carbonyl (C=O) groups is 2. The lowest BCUT2D eigenvalue weighted by Gasteiger charge is -1.99. The van der Waals surface area contributed by atoms with E-state index in [0.29, 0.717) is 4.91 Å². The number of rotatable bonds is 10. The fraction of sp³-hybridized carbons (Fsp3) is 0.130. The van der Waals surface area contributed by atoms with Crippen molar-refractivity contribution in [3.8, 4) is 19.5 Å². The van der Waals surface area contributed by atoms with Gasteiger partial charge in [0, 0.05) is 39.1 Å². The van der Waals surface area contributed by atoms with Crippen molar-refractivity contribution in [2.75, 3.05) is 0 Å². The molecule has 0 aliphatic carbocycles. The van der Waals surface area contributed by atoms with Crippen molar-refractivity contribution >= 4 is 80.1 Å². The van der Waals surface area contributed by atoms with Crippen molar-refractivity contribution < 1.29 is 19.8 Å². The van der Waals surface area contributed by atoms with E-state index in [9.17, 15) is 19.8 Å². The lowest BCUT2D eigenvalue weighted by molar-refractivity contribution is -0.137. The first-order chi connectivity index (χ1) is 15.2. The fourth-order valence-electron chi connectivity index (χ4n) is 2.93. The lowest BCUT2D eigenvalue weighted by Crippen LogP contribution is -1.99. The van der Waals surface area contributed by atoms with Crippen molar-refractivity contribution in [2.24, 2.45) is 0 Å². The van der Waals surface area contributed by atoms with Crippen molar-refractivity contribution in [1.29, 1.82) is 0 Å². The molecule has 0 saturated carbocycles. The summed E-state index contributed by atoms with van der Waals surface area (Å²) in [6.45, 7) is 9.89. The minimum atomic E-state index is -0.902. The highest BCUT2D eigenvalue weighted by molar-refractivity contribution is 8.11. The molecule has 0 amide bonds. The summed E-state index contributed by atoms with van der Waals surface area (Å²) in [5.41, 5.74) is 1.46. The molecule has 2 N–H and O–H groups in total. The highest BCUT2D eigenvalue weighted by Gasteiger charge is 2.20. The first kappa shape index (κ1) is 24.6. The molecule has 0 fully saturated rings. The van der Waals surface area contributed by atoms with Crippen LogP contribution < -0.4 is 0 Å². The van der Waals surface area contributed by atoms with Gasteiger partial charge in [-0.2, -0.15) is 0 Å². The Balaban J connectivity index is 2.03. The molecule has 3 aromatic heterocycles. The van der Waals surface area contributed by atoms with E-state index in [1.54, 1.807) is 0 Å². The molecule has 3 rings (SSSR count). The Hall–Kier alpha value is -2.04. The molecular weight excluding hydrogens is 501 g/mol. The predicted molar refractivity (Wildman–Crippen MR) is 143 cm³/mol. The van der Waals surface area contributed by atoms with Gasteiger partial charge < -0.3 is 10.2 Å². The van der Waals surface area contributed by atoms with Crippen LogP contribution >= 0.6 is 58.4 Å². The summed E-state index contributed by atoms with van der Waals surface area (Å²) in [5, 5.41) is 20.6. The van der Waals surface area contributed by atoms with E-state index in [-0.39, 0.29) is 12.8 Å². The Kier molecular flexibility index (Phi) is 8.24. The Bertz CT molecular complexity index is 1230. The molecule has 0 unspecified atom stereocenters. The zero-order chi connectivity index (χ0) is 23.4. The minimum Gasteiger partial charge on any atom is -0.481 e. The topological polar surface area (TPSA) is 74.6 Å². The van der Waals surface area contributed by atoms with Crippen molar-refractivity contribution in [3.05, 3.63) is 69.8 Å². The largest absolute Gasteiger partial charge is 0.481 e. The third-order valence-corrected chi connectivity index (χ3v) is 9.61. The summed E-state index contributed by atoms with van der Waals surface area (Å²) in [4.78, 5) is 29.7. The van der Waals surface area contributed by atoms with Crippen LogP contribution in [0, 0.1) is 0 Å². The van der Waals surface area contributed by atoms with Crippen LogP contribution in [0.2, 0.25) is 0 Å². The first-order valence-corrected chi connectivity index (χ1v) is 13.1. The van der Waals surface area contributed by atoms with Crippen LogP contribution in [0.25, 0.3) is 29.3 Å². The van der Waals surface area contributed by atoms with Crippen LogP contribution in [0.1, 0.15) is 27.8 Å². The number of thiol groups is 1. The number of hydrogen-bond acceptors (Lipinski definition) is 7. The summed E-state index contributed by atoms with van der Waals surface area (Å²) in [7, 11) is 0. The Morgan fingerprint density at radius 3 is 1.94 bits per heavy atom. The molecule has 0 spiro atoms. The average Bonchev–Trinajstić information content (AvgIpc) is 3.43. The highest BCUT2D eigenvalue weighted by Crippen LogP contribution is 2.46. The smallest absolute Gasteiger partial charge is 0.307 e. The van der Waals surface area contributed by atoms with Crippen LogP contribution in [0.5, 0.6) is 0 Å². The van der Waals surface area contributed by atoms with Crippen LogP contribution in [-0.4, -0.2) is 22.2 Å². The van der Waals surface area contributed by atoms with Gasteiger partial charge >= 0.3 is 11.9 Å². The molecule has 32 heavy (non-hydrogen) atoms. The second-order valence-corrected chi connectivity index (χ2v) is 11.4. The van der Waals surface area contributed by atoms with Gasteiger partial charge in [0.25, 0.3) is 0 Å². The number of aliphatic carboxylic acids is 2. The van der Waals surface area contributed by atoms with Gasteiger partial charge in [-0.3, -0.25) is 9.59 Å². The molecule has 9 heteroatoms. The maximum Gasteiger partial charge on any atom is 0.307 e. The molecule has 0 aromatic carbocycles. The van der Waals surface area contributed by atoms with Crippen molar-refractivity contribution in [1.82, 2.24) is 0 Å². The molecule has 0 bridgehead atoms. The van der Waals surface area contributed by atoms with Gasteiger partial charge in [-0.1, -0.05) is 31.0 Å². The summed E-state index contributed by atoms with van der Waals surface area (Å²) >= 11 is 10.3. The number of carboxylic acid groups (broad SMARTS) is 2. The van der Waals surface area contributed by atoms with Crippen LogP contribution in [0.4, 0.5) is 0 Å². The molecule has 3 heterocycles. The highest BCUT2D eigenvalue weighted by atomic mass is 32.2. The molecule has 3 aromatic rings. The fourth-order valence-corrected chi connectivity index (χ4v) is 7.27. The van der Waals surface area contributed by atoms with Gasteiger partial charge in [0.2, 0.25) is 0 Å². The number of thioether (sulfide) groups is 1. The average molecular weight is 521 g/mol. The maximum atomic E-state index is 11.4. The Morgan fingerprint density at radius 1 is 0.969 bits per heavy atom. The lowest BCUT2D eigenvalue weighted by atomic mass is 10.1. The minimum absolute atomic E-state index is 0.0759. The van der Waals surface area contributed by atoms with Crippen LogP contribution in [0.3, 0.4) is 0 Å². The molecule has 0 aliphatic heterocycles. The van der Waals surface area contributed by atoms with Gasteiger partial charge in [0.1, 0.15) is 0 Å². The Labute approximate surface area is 208 Å². The summed E-state index contributed by atoms with van der Waals surface area (Å²) in [6, 6.07) is 7.64. The molecule has 166 valence electrons. The van der Waals surface area contributed by atoms with E-state index in [4.69, 9.17) is 0 Å². The van der Waals surface area contributed by atoms with Gasteiger partial charge in [0.15, 0.2) is 0 Å². The molecule has 0 saturated heterocycles. The monoisotopic (exact) mass is 520 g/mol. The second-order valence-electron chi connectivity index (χ2n) is 6.69. The Morgan fingerprint density at radius 2 is 1.47 bits per heavy atom. The van der Waals surface area contributed by atoms with Gasteiger partial charge in [0.05, 0.1) is 12.8 Å². The first-order valence-electron chi connectivity index (χ1n) is 9.34. The van der Waals surface area contributed by atoms with Crippen LogP contribution in [0.15, 0.2) is 48.9 Å². The van der Waals surface area contributed by atoms with Gasteiger partial charge in [-0.15, -0.1) is 46.6 Å². The van der Waals surface area contributed by atoms with E-state index in [1.165, 1.54) is 45.8 Å². The van der Waals surface area contributed by atoms with Gasteiger partial charge in [-0.25, -0.2) is 0 Å². The third-order valence-electron chi connectivity index (χ3n) is 4.26. The second kappa shape index (κ2) is 10.7. The number of allylic oxidation sites excluding steroid dienone is 1. The number of hydrogen-bond donors (Lipinski definition) is 3. The summed E-state index contributed by atoms with van der Waals surface area (Å²) in [5.74, 6) is -1.79. The van der Waals surface area contributed by atoms with E-state index in [1.807, 2.05) is 42.7 Å². The van der Waals surface area contributed by atoms with Crippen LogP contribution in [-0.2, 0) is 22.4 Å².